The minimum Gasteiger partial charge on any atom is -0.493 e. The molecule has 0 radical (unpaired) electrons. The van der Waals surface area contributed by atoms with Gasteiger partial charge in [-0.1, -0.05) is 54.5 Å². The molecule has 0 aliphatic carbocycles. The summed E-state index contributed by atoms with van der Waals surface area (Å²) >= 11 is 0. The summed E-state index contributed by atoms with van der Waals surface area (Å²) in [6.45, 7) is 2.00. The number of carbonyl (C=O) groups is 1. The van der Waals surface area contributed by atoms with E-state index in [1.54, 1.807) is 19.2 Å². The first kappa shape index (κ1) is 18.4. The normalized spacial score (nSPS) is 11.6. The van der Waals surface area contributed by atoms with E-state index in [0.29, 0.717) is 29.6 Å². The number of hydrogen-bond acceptors (Lipinski definition) is 6. The van der Waals surface area contributed by atoms with E-state index in [1.165, 1.54) is 0 Å². The number of para-hydroxylation sites is 2. The fraction of sp³-hybridized carbons (Fsp3) is 0.250. The molecule has 0 aliphatic heterocycles. The number of amides is 1. The molecule has 0 saturated heterocycles. The van der Waals surface area contributed by atoms with Gasteiger partial charge in [0.15, 0.2) is 17.6 Å². The van der Waals surface area contributed by atoms with E-state index in [4.69, 9.17) is 14.0 Å². The third-order valence-corrected chi connectivity index (χ3v) is 3.92. The van der Waals surface area contributed by atoms with Crippen molar-refractivity contribution in [3.05, 3.63) is 60.5 Å². The first-order valence-electron chi connectivity index (χ1n) is 8.66. The van der Waals surface area contributed by atoms with Crippen LogP contribution < -0.4 is 14.8 Å². The number of ether oxygens (including phenoxy) is 2. The highest BCUT2D eigenvalue weighted by Gasteiger charge is 2.20. The van der Waals surface area contributed by atoms with Gasteiger partial charge in [-0.05, 0) is 18.6 Å². The molecule has 0 saturated carbocycles. The second-order valence-electron chi connectivity index (χ2n) is 5.76. The highest BCUT2D eigenvalue weighted by atomic mass is 16.5. The van der Waals surface area contributed by atoms with Crippen molar-refractivity contribution in [2.24, 2.45) is 0 Å². The lowest BCUT2D eigenvalue weighted by atomic mass is 10.2. The first-order chi connectivity index (χ1) is 13.2. The van der Waals surface area contributed by atoms with Gasteiger partial charge in [0.25, 0.3) is 5.91 Å². The zero-order chi connectivity index (χ0) is 19.1. The van der Waals surface area contributed by atoms with Gasteiger partial charge in [-0.3, -0.25) is 4.79 Å². The summed E-state index contributed by atoms with van der Waals surface area (Å²) in [5.41, 5.74) is 0.852. The SMILES string of the molecule is CCC(Oc1ccccc1OC)C(=O)NCc1nc(-c2ccccc2)no1. The Morgan fingerprint density at radius 2 is 1.81 bits per heavy atom. The van der Waals surface area contributed by atoms with E-state index >= 15 is 0 Å². The van der Waals surface area contributed by atoms with E-state index < -0.39 is 6.10 Å². The van der Waals surface area contributed by atoms with Crippen LogP contribution in [0.25, 0.3) is 11.4 Å². The highest BCUT2D eigenvalue weighted by Crippen LogP contribution is 2.27. The number of carbonyl (C=O) groups excluding carboxylic acids is 1. The maximum atomic E-state index is 12.5. The topological polar surface area (TPSA) is 86.5 Å². The van der Waals surface area contributed by atoms with Crippen LogP contribution in [0.1, 0.15) is 19.2 Å². The van der Waals surface area contributed by atoms with E-state index in [1.807, 2.05) is 49.4 Å². The molecule has 1 unspecified atom stereocenters. The highest BCUT2D eigenvalue weighted by molar-refractivity contribution is 5.81. The predicted octanol–water partition coefficient (Wildman–Crippen LogP) is 3.22. The van der Waals surface area contributed by atoms with Crippen LogP contribution in [0.15, 0.2) is 59.1 Å². The molecule has 140 valence electrons. The molecule has 3 aromatic rings. The Labute approximate surface area is 157 Å². The molecule has 3 rings (SSSR count). The van der Waals surface area contributed by atoms with Crippen LogP contribution in [0, 0.1) is 0 Å². The fourth-order valence-corrected chi connectivity index (χ4v) is 2.50. The molecule has 0 spiro atoms. The number of rotatable bonds is 8. The summed E-state index contributed by atoms with van der Waals surface area (Å²) in [5, 5.41) is 6.71. The summed E-state index contributed by atoms with van der Waals surface area (Å²) in [5.74, 6) is 1.65. The van der Waals surface area contributed by atoms with Gasteiger partial charge < -0.3 is 19.3 Å². The van der Waals surface area contributed by atoms with Crippen LogP contribution in [0.5, 0.6) is 11.5 Å². The van der Waals surface area contributed by atoms with Gasteiger partial charge >= 0.3 is 0 Å². The van der Waals surface area contributed by atoms with Gasteiger partial charge in [0.2, 0.25) is 11.7 Å². The second kappa shape index (κ2) is 8.84. The van der Waals surface area contributed by atoms with Gasteiger partial charge in [-0.25, -0.2) is 0 Å². The van der Waals surface area contributed by atoms with Crippen molar-refractivity contribution in [1.82, 2.24) is 15.5 Å². The van der Waals surface area contributed by atoms with E-state index in [0.717, 1.165) is 5.56 Å². The van der Waals surface area contributed by atoms with Crippen LogP contribution in [-0.4, -0.2) is 29.3 Å². The quantitative estimate of drug-likeness (QED) is 0.658. The zero-order valence-corrected chi connectivity index (χ0v) is 15.2. The molecule has 0 bridgehead atoms. The third kappa shape index (κ3) is 4.63. The summed E-state index contributed by atoms with van der Waals surface area (Å²) in [6.07, 6.45) is -0.152. The van der Waals surface area contributed by atoms with Crippen LogP contribution in [0.2, 0.25) is 0 Å². The van der Waals surface area contributed by atoms with Gasteiger partial charge in [-0.15, -0.1) is 0 Å². The average Bonchev–Trinajstić information content (AvgIpc) is 3.20. The third-order valence-electron chi connectivity index (χ3n) is 3.92. The predicted molar refractivity (Wildman–Crippen MR) is 99.3 cm³/mol. The van der Waals surface area contributed by atoms with Crippen molar-refractivity contribution >= 4 is 5.91 Å². The number of aromatic nitrogens is 2. The lowest BCUT2D eigenvalue weighted by Crippen LogP contribution is -2.37. The van der Waals surface area contributed by atoms with Crippen LogP contribution in [-0.2, 0) is 11.3 Å². The molecule has 1 amide bonds. The summed E-state index contributed by atoms with van der Waals surface area (Å²) in [4.78, 5) is 16.8. The lowest BCUT2D eigenvalue weighted by molar-refractivity contribution is -0.128. The van der Waals surface area contributed by atoms with Gasteiger partial charge in [-0.2, -0.15) is 4.98 Å². The first-order valence-corrected chi connectivity index (χ1v) is 8.66. The Morgan fingerprint density at radius 3 is 2.52 bits per heavy atom. The van der Waals surface area contributed by atoms with Crippen molar-refractivity contribution in [1.29, 1.82) is 0 Å². The Balaban J connectivity index is 1.60. The van der Waals surface area contributed by atoms with Gasteiger partial charge in [0, 0.05) is 5.56 Å². The fourth-order valence-electron chi connectivity index (χ4n) is 2.50. The molecule has 7 nitrogen and oxygen atoms in total. The standard InChI is InChI=1S/C20H21N3O4/c1-3-15(26-17-12-8-7-11-16(17)25-2)20(24)21-13-18-22-19(23-27-18)14-9-5-4-6-10-14/h4-12,15H,3,13H2,1-2H3,(H,21,24). The summed E-state index contributed by atoms with van der Waals surface area (Å²) in [6, 6.07) is 16.7. The summed E-state index contributed by atoms with van der Waals surface area (Å²) < 4.78 is 16.3. The molecule has 1 heterocycles. The monoisotopic (exact) mass is 367 g/mol. The van der Waals surface area contributed by atoms with Gasteiger partial charge in [0.05, 0.1) is 13.7 Å². The van der Waals surface area contributed by atoms with Crippen molar-refractivity contribution in [2.75, 3.05) is 7.11 Å². The van der Waals surface area contributed by atoms with Crippen LogP contribution >= 0.6 is 0 Å². The number of nitrogens with one attached hydrogen (secondary N) is 1. The number of nitrogens with zero attached hydrogens (tertiary/aromatic N) is 2. The van der Waals surface area contributed by atoms with Crippen molar-refractivity contribution in [2.45, 2.75) is 26.0 Å². The minimum atomic E-state index is -0.655. The number of hydrogen-bond donors (Lipinski definition) is 1. The van der Waals surface area contributed by atoms with Crippen molar-refractivity contribution < 1.29 is 18.8 Å². The van der Waals surface area contributed by atoms with E-state index in [2.05, 4.69) is 15.5 Å². The summed E-state index contributed by atoms with van der Waals surface area (Å²) in [7, 11) is 1.56. The van der Waals surface area contributed by atoms with E-state index in [9.17, 15) is 4.79 Å². The molecular formula is C20H21N3O4. The molecule has 1 N–H and O–H groups in total. The molecule has 1 atom stereocenters. The minimum absolute atomic E-state index is 0.129. The molecular weight excluding hydrogens is 346 g/mol. The van der Waals surface area contributed by atoms with Gasteiger partial charge in [0.1, 0.15) is 0 Å². The Bertz CT molecular complexity index is 880. The van der Waals surface area contributed by atoms with E-state index in [-0.39, 0.29) is 12.5 Å². The lowest BCUT2D eigenvalue weighted by Gasteiger charge is -2.18. The molecule has 7 heteroatoms. The maximum Gasteiger partial charge on any atom is 0.261 e. The van der Waals surface area contributed by atoms with Crippen molar-refractivity contribution in [3.8, 4) is 22.9 Å². The van der Waals surface area contributed by atoms with Crippen LogP contribution in [0.3, 0.4) is 0 Å². The zero-order valence-electron chi connectivity index (χ0n) is 15.2. The van der Waals surface area contributed by atoms with Crippen LogP contribution in [0.4, 0.5) is 0 Å². The molecule has 2 aromatic carbocycles. The Hall–Kier alpha value is -3.35. The number of benzene rings is 2. The second-order valence-corrected chi connectivity index (χ2v) is 5.76. The smallest absolute Gasteiger partial charge is 0.261 e. The molecule has 0 fully saturated rings. The van der Waals surface area contributed by atoms with Crippen molar-refractivity contribution in [3.63, 3.8) is 0 Å². The maximum absolute atomic E-state index is 12.5. The molecule has 27 heavy (non-hydrogen) atoms. The average molecular weight is 367 g/mol. The Kier molecular flexibility index (Phi) is 6.04. The largest absolute Gasteiger partial charge is 0.493 e. The number of methoxy groups -OCH3 is 1. The Morgan fingerprint density at radius 1 is 1.11 bits per heavy atom. The molecule has 1 aromatic heterocycles. The molecule has 0 aliphatic rings.